The highest BCUT2D eigenvalue weighted by Crippen LogP contribution is 2.20. The molecular formula is C19H20N4O. The Morgan fingerprint density at radius 2 is 1.92 bits per heavy atom. The number of hydrogen-bond acceptors (Lipinski definition) is 4. The first kappa shape index (κ1) is 16.0. The largest absolute Gasteiger partial charge is 0.353 e. The van der Waals surface area contributed by atoms with Crippen LogP contribution in [-0.2, 0) is 0 Å². The van der Waals surface area contributed by atoms with Crippen molar-refractivity contribution in [1.82, 2.24) is 10.3 Å². The van der Waals surface area contributed by atoms with Crippen LogP contribution in [0.3, 0.4) is 0 Å². The van der Waals surface area contributed by atoms with E-state index in [1.807, 2.05) is 18.2 Å². The summed E-state index contributed by atoms with van der Waals surface area (Å²) in [6, 6.07) is 13.2. The first-order valence-electron chi connectivity index (χ1n) is 8.29. The number of carbonyl (C=O) groups is 1. The summed E-state index contributed by atoms with van der Waals surface area (Å²) in [6.45, 7) is 0. The van der Waals surface area contributed by atoms with Crippen molar-refractivity contribution >= 4 is 17.3 Å². The minimum Gasteiger partial charge on any atom is -0.353 e. The normalized spacial score (nSPS) is 14.6. The van der Waals surface area contributed by atoms with Crippen LogP contribution < -0.4 is 10.6 Å². The van der Waals surface area contributed by atoms with E-state index in [-0.39, 0.29) is 11.9 Å². The smallest absolute Gasteiger partial charge is 0.270 e. The molecule has 0 saturated heterocycles. The highest BCUT2D eigenvalue weighted by molar-refractivity contribution is 5.92. The summed E-state index contributed by atoms with van der Waals surface area (Å²) >= 11 is 0. The molecule has 0 spiro atoms. The van der Waals surface area contributed by atoms with Gasteiger partial charge in [-0.2, -0.15) is 5.26 Å². The fourth-order valence-corrected chi connectivity index (χ4v) is 2.95. The Morgan fingerprint density at radius 3 is 2.62 bits per heavy atom. The molecule has 24 heavy (non-hydrogen) atoms. The van der Waals surface area contributed by atoms with E-state index in [1.54, 1.807) is 24.4 Å². The molecule has 2 N–H and O–H groups in total. The molecule has 122 valence electrons. The molecule has 1 saturated carbocycles. The van der Waals surface area contributed by atoms with Gasteiger partial charge in [-0.3, -0.25) is 4.79 Å². The fourth-order valence-electron chi connectivity index (χ4n) is 2.95. The van der Waals surface area contributed by atoms with E-state index in [9.17, 15) is 4.79 Å². The lowest BCUT2D eigenvalue weighted by Crippen LogP contribution is -2.36. The molecule has 1 aromatic heterocycles. The molecule has 0 bridgehead atoms. The standard InChI is InChI=1S/C19H20N4O/c20-12-14-6-4-5-9-17(14)22-16-10-11-18(21-13-16)19(24)23-15-7-2-1-3-8-15/h4-6,9-11,13,15,22H,1-3,7-8H2,(H,23,24). The van der Waals surface area contributed by atoms with Crippen LogP contribution in [0.5, 0.6) is 0 Å². The van der Waals surface area contributed by atoms with Crippen molar-refractivity contribution in [2.45, 2.75) is 38.1 Å². The van der Waals surface area contributed by atoms with Gasteiger partial charge in [-0.05, 0) is 37.1 Å². The van der Waals surface area contributed by atoms with Gasteiger partial charge >= 0.3 is 0 Å². The number of anilines is 2. The number of para-hydroxylation sites is 1. The van der Waals surface area contributed by atoms with Gasteiger partial charge in [-0.15, -0.1) is 0 Å². The van der Waals surface area contributed by atoms with E-state index in [1.165, 1.54) is 19.3 Å². The molecule has 1 amide bonds. The number of nitrogens with one attached hydrogen (secondary N) is 2. The zero-order valence-corrected chi connectivity index (χ0v) is 13.5. The van der Waals surface area contributed by atoms with Crippen LogP contribution in [-0.4, -0.2) is 16.9 Å². The Bertz CT molecular complexity index is 743. The molecule has 0 radical (unpaired) electrons. The lowest BCUT2D eigenvalue weighted by molar-refractivity contribution is 0.0922. The Labute approximate surface area is 141 Å². The second-order valence-corrected chi connectivity index (χ2v) is 6.02. The quantitative estimate of drug-likeness (QED) is 0.899. The van der Waals surface area contributed by atoms with Gasteiger partial charge in [0.1, 0.15) is 11.8 Å². The summed E-state index contributed by atoms with van der Waals surface area (Å²) in [6.07, 6.45) is 7.34. The van der Waals surface area contributed by atoms with Gasteiger partial charge in [-0.25, -0.2) is 4.98 Å². The topological polar surface area (TPSA) is 77.8 Å². The van der Waals surface area contributed by atoms with Crippen molar-refractivity contribution in [1.29, 1.82) is 5.26 Å². The molecule has 1 aliphatic rings. The van der Waals surface area contributed by atoms with Crippen molar-refractivity contribution < 1.29 is 4.79 Å². The summed E-state index contributed by atoms with van der Waals surface area (Å²) < 4.78 is 0. The SMILES string of the molecule is N#Cc1ccccc1Nc1ccc(C(=O)NC2CCCCC2)nc1. The predicted molar refractivity (Wildman–Crippen MR) is 93.0 cm³/mol. The second kappa shape index (κ2) is 7.60. The Kier molecular flexibility index (Phi) is 5.07. The van der Waals surface area contributed by atoms with Gasteiger partial charge in [0.25, 0.3) is 5.91 Å². The lowest BCUT2D eigenvalue weighted by atomic mass is 9.95. The Hall–Kier alpha value is -2.87. The highest BCUT2D eigenvalue weighted by atomic mass is 16.1. The van der Waals surface area contributed by atoms with Crippen LogP contribution in [0.4, 0.5) is 11.4 Å². The molecule has 1 aromatic carbocycles. The first-order valence-corrected chi connectivity index (χ1v) is 8.29. The molecule has 0 atom stereocenters. The van der Waals surface area contributed by atoms with Crippen LogP contribution in [0.15, 0.2) is 42.6 Å². The molecule has 5 heteroatoms. The van der Waals surface area contributed by atoms with Crippen LogP contribution in [0.1, 0.15) is 48.2 Å². The van der Waals surface area contributed by atoms with Crippen LogP contribution in [0.25, 0.3) is 0 Å². The number of rotatable bonds is 4. The minimum absolute atomic E-state index is 0.120. The molecule has 0 unspecified atom stereocenters. The van der Waals surface area contributed by atoms with Crippen molar-refractivity contribution in [2.75, 3.05) is 5.32 Å². The summed E-state index contributed by atoms with van der Waals surface area (Å²) in [5.41, 5.74) is 2.45. The fraction of sp³-hybridized carbons (Fsp3) is 0.316. The van der Waals surface area contributed by atoms with Crippen molar-refractivity contribution in [3.63, 3.8) is 0 Å². The van der Waals surface area contributed by atoms with E-state index < -0.39 is 0 Å². The lowest BCUT2D eigenvalue weighted by Gasteiger charge is -2.22. The van der Waals surface area contributed by atoms with E-state index in [2.05, 4.69) is 21.7 Å². The third-order valence-corrected chi connectivity index (χ3v) is 4.26. The van der Waals surface area contributed by atoms with Gasteiger partial charge in [0.2, 0.25) is 0 Å². The van der Waals surface area contributed by atoms with Gasteiger partial charge < -0.3 is 10.6 Å². The van der Waals surface area contributed by atoms with Crippen molar-refractivity contribution in [3.05, 3.63) is 53.9 Å². The van der Waals surface area contributed by atoms with Crippen molar-refractivity contribution in [3.8, 4) is 6.07 Å². The van der Waals surface area contributed by atoms with E-state index in [0.29, 0.717) is 11.3 Å². The first-order chi connectivity index (χ1) is 11.8. The van der Waals surface area contributed by atoms with Gasteiger partial charge in [0.15, 0.2) is 0 Å². The molecule has 3 rings (SSSR count). The molecule has 0 aliphatic heterocycles. The number of nitrogens with zero attached hydrogens (tertiary/aromatic N) is 2. The van der Waals surface area contributed by atoms with Gasteiger partial charge in [-0.1, -0.05) is 31.4 Å². The second-order valence-electron chi connectivity index (χ2n) is 6.02. The number of pyridine rings is 1. The van der Waals surface area contributed by atoms with Crippen LogP contribution in [0.2, 0.25) is 0 Å². The number of aromatic nitrogens is 1. The zero-order valence-electron chi connectivity index (χ0n) is 13.5. The summed E-state index contributed by atoms with van der Waals surface area (Å²) in [4.78, 5) is 16.5. The third-order valence-electron chi connectivity index (χ3n) is 4.26. The van der Waals surface area contributed by atoms with Gasteiger partial charge in [0.05, 0.1) is 23.1 Å². The number of amides is 1. The van der Waals surface area contributed by atoms with Crippen LogP contribution >= 0.6 is 0 Å². The molecule has 1 fully saturated rings. The zero-order chi connectivity index (χ0) is 16.8. The van der Waals surface area contributed by atoms with E-state index in [4.69, 9.17) is 5.26 Å². The maximum absolute atomic E-state index is 12.2. The van der Waals surface area contributed by atoms with Gasteiger partial charge in [0, 0.05) is 6.04 Å². The van der Waals surface area contributed by atoms with Crippen molar-refractivity contribution in [2.24, 2.45) is 0 Å². The monoisotopic (exact) mass is 320 g/mol. The Balaban J connectivity index is 1.64. The molecular weight excluding hydrogens is 300 g/mol. The summed E-state index contributed by atoms with van der Waals surface area (Å²) in [7, 11) is 0. The number of nitriles is 1. The molecule has 1 aliphatic carbocycles. The maximum atomic E-state index is 12.2. The maximum Gasteiger partial charge on any atom is 0.270 e. The third kappa shape index (κ3) is 3.90. The number of benzene rings is 1. The average Bonchev–Trinajstić information content (AvgIpc) is 2.63. The predicted octanol–water partition coefficient (Wildman–Crippen LogP) is 3.76. The van der Waals surface area contributed by atoms with E-state index in [0.717, 1.165) is 24.2 Å². The van der Waals surface area contributed by atoms with Crippen LogP contribution in [0, 0.1) is 11.3 Å². The summed E-state index contributed by atoms with van der Waals surface area (Å²) in [5.74, 6) is -0.120. The minimum atomic E-state index is -0.120. The molecule has 1 heterocycles. The molecule has 5 nitrogen and oxygen atoms in total. The number of hydrogen-bond donors (Lipinski definition) is 2. The van der Waals surface area contributed by atoms with E-state index >= 15 is 0 Å². The number of carbonyl (C=O) groups excluding carboxylic acids is 1. The average molecular weight is 320 g/mol. The highest BCUT2D eigenvalue weighted by Gasteiger charge is 2.17. The molecule has 2 aromatic rings. The Morgan fingerprint density at radius 1 is 1.12 bits per heavy atom. The summed E-state index contributed by atoms with van der Waals surface area (Å²) in [5, 5.41) is 15.3.